The number of nitrogens with one attached hydrogen (secondary N) is 3. The first-order valence-corrected chi connectivity index (χ1v) is 8.26. The molecule has 0 bridgehead atoms. The van der Waals surface area contributed by atoms with Gasteiger partial charge < -0.3 is 30.9 Å². The van der Waals surface area contributed by atoms with Crippen molar-refractivity contribution in [1.29, 1.82) is 0 Å². The first-order valence-electron chi connectivity index (χ1n) is 8.26. The lowest BCUT2D eigenvalue weighted by atomic mass is 10.1. The standard InChI is InChI=1S/C17H25N3O5/c1-10(2)20-17(24)19-8-14-15(21)13(9-25-14)18-7-11-3-5-12(6-4-11)16(22)23/h3-6,10,13-15,18,21H,7-9H2,1-2H3,(H,22,23)(H2,19,20,24)/t13-,14-,15+/m1/s1. The van der Waals surface area contributed by atoms with E-state index in [2.05, 4.69) is 16.0 Å². The molecule has 0 aromatic heterocycles. The van der Waals surface area contributed by atoms with E-state index in [0.29, 0.717) is 13.2 Å². The second-order valence-corrected chi connectivity index (χ2v) is 6.36. The van der Waals surface area contributed by atoms with Crippen molar-refractivity contribution in [3.05, 3.63) is 35.4 Å². The number of aromatic carboxylic acids is 1. The third-order valence-electron chi connectivity index (χ3n) is 3.94. The second kappa shape index (κ2) is 8.80. The lowest BCUT2D eigenvalue weighted by Crippen LogP contribution is -2.47. The van der Waals surface area contributed by atoms with Crippen molar-refractivity contribution in [3.8, 4) is 0 Å². The molecule has 0 saturated carbocycles. The molecule has 2 amide bonds. The molecule has 1 aliphatic rings. The maximum Gasteiger partial charge on any atom is 0.335 e. The number of ether oxygens (including phenoxy) is 1. The van der Waals surface area contributed by atoms with Gasteiger partial charge in [0.1, 0.15) is 6.10 Å². The fourth-order valence-electron chi connectivity index (χ4n) is 2.56. The third kappa shape index (κ3) is 5.70. The molecule has 1 aromatic carbocycles. The number of benzene rings is 1. The molecule has 0 unspecified atom stereocenters. The van der Waals surface area contributed by atoms with Crippen molar-refractivity contribution in [2.45, 2.75) is 44.7 Å². The minimum atomic E-state index is -0.962. The number of rotatable bonds is 7. The predicted octanol–water partition coefficient (Wildman–Crippen LogP) is 0.310. The number of carbonyl (C=O) groups excluding carboxylic acids is 1. The Morgan fingerprint density at radius 3 is 2.56 bits per heavy atom. The van der Waals surface area contributed by atoms with Gasteiger partial charge in [-0.3, -0.25) is 0 Å². The van der Waals surface area contributed by atoms with Gasteiger partial charge in [0.05, 0.1) is 24.3 Å². The van der Waals surface area contributed by atoms with E-state index in [9.17, 15) is 14.7 Å². The average molecular weight is 351 g/mol. The number of carbonyl (C=O) groups is 2. The Kier molecular flexibility index (Phi) is 6.74. The lowest BCUT2D eigenvalue weighted by Gasteiger charge is -2.19. The van der Waals surface area contributed by atoms with Crippen LogP contribution in [0.25, 0.3) is 0 Å². The van der Waals surface area contributed by atoms with Gasteiger partial charge >= 0.3 is 12.0 Å². The third-order valence-corrected chi connectivity index (χ3v) is 3.94. The molecule has 1 heterocycles. The van der Waals surface area contributed by atoms with Crippen LogP contribution in [-0.2, 0) is 11.3 Å². The summed E-state index contributed by atoms with van der Waals surface area (Å²) in [7, 11) is 0. The van der Waals surface area contributed by atoms with E-state index in [1.807, 2.05) is 13.8 Å². The molecule has 1 aromatic rings. The number of hydrogen-bond donors (Lipinski definition) is 5. The Balaban J connectivity index is 1.76. The fourth-order valence-corrected chi connectivity index (χ4v) is 2.56. The van der Waals surface area contributed by atoms with Gasteiger partial charge in [-0.05, 0) is 31.5 Å². The van der Waals surface area contributed by atoms with Crippen molar-refractivity contribution >= 4 is 12.0 Å². The van der Waals surface area contributed by atoms with Crippen LogP contribution in [0.4, 0.5) is 4.79 Å². The summed E-state index contributed by atoms with van der Waals surface area (Å²) in [5.74, 6) is -0.962. The number of amides is 2. The van der Waals surface area contributed by atoms with Crippen LogP contribution in [0.3, 0.4) is 0 Å². The zero-order valence-electron chi connectivity index (χ0n) is 14.4. The number of aliphatic hydroxyl groups is 1. The summed E-state index contributed by atoms with van der Waals surface area (Å²) in [4.78, 5) is 22.4. The lowest BCUT2D eigenvalue weighted by molar-refractivity contribution is 0.0425. The van der Waals surface area contributed by atoms with Gasteiger partial charge in [-0.1, -0.05) is 12.1 Å². The summed E-state index contributed by atoms with van der Waals surface area (Å²) < 4.78 is 5.54. The summed E-state index contributed by atoms with van der Waals surface area (Å²) >= 11 is 0. The summed E-state index contributed by atoms with van der Waals surface area (Å²) in [6, 6.07) is 6.04. The van der Waals surface area contributed by atoms with Gasteiger partial charge in [-0.2, -0.15) is 0 Å². The van der Waals surface area contributed by atoms with E-state index in [4.69, 9.17) is 9.84 Å². The maximum absolute atomic E-state index is 11.6. The van der Waals surface area contributed by atoms with Gasteiger partial charge in [-0.25, -0.2) is 9.59 Å². The first-order chi connectivity index (χ1) is 11.9. The molecule has 1 fully saturated rings. The quantitative estimate of drug-likeness (QED) is 0.482. The van der Waals surface area contributed by atoms with Crippen molar-refractivity contribution in [2.24, 2.45) is 0 Å². The highest BCUT2D eigenvalue weighted by atomic mass is 16.5. The summed E-state index contributed by atoms with van der Waals surface area (Å²) in [6.07, 6.45) is -1.21. The minimum Gasteiger partial charge on any atom is -0.478 e. The zero-order chi connectivity index (χ0) is 18.4. The minimum absolute atomic E-state index is 0.0383. The average Bonchev–Trinajstić information content (AvgIpc) is 2.91. The molecule has 3 atom stereocenters. The van der Waals surface area contributed by atoms with Gasteiger partial charge in [0.2, 0.25) is 0 Å². The van der Waals surface area contributed by atoms with Crippen LogP contribution in [0.15, 0.2) is 24.3 Å². The van der Waals surface area contributed by atoms with E-state index in [1.54, 1.807) is 24.3 Å². The molecule has 25 heavy (non-hydrogen) atoms. The molecule has 8 nitrogen and oxygen atoms in total. The van der Waals surface area contributed by atoms with Crippen LogP contribution in [0, 0.1) is 0 Å². The number of urea groups is 1. The molecule has 5 N–H and O–H groups in total. The Hall–Kier alpha value is -2.16. The molecular formula is C17H25N3O5. The SMILES string of the molecule is CC(C)NC(=O)NC[C@H]1OC[C@@H](NCc2ccc(C(=O)O)cc2)[C@@H]1O. The van der Waals surface area contributed by atoms with Crippen molar-refractivity contribution in [2.75, 3.05) is 13.2 Å². The van der Waals surface area contributed by atoms with Crippen LogP contribution in [0.5, 0.6) is 0 Å². The largest absolute Gasteiger partial charge is 0.478 e. The van der Waals surface area contributed by atoms with E-state index in [1.165, 1.54) is 0 Å². The normalized spacial score (nSPS) is 22.8. The van der Waals surface area contributed by atoms with E-state index >= 15 is 0 Å². The zero-order valence-corrected chi connectivity index (χ0v) is 14.4. The molecule has 2 rings (SSSR count). The van der Waals surface area contributed by atoms with Crippen LogP contribution >= 0.6 is 0 Å². The second-order valence-electron chi connectivity index (χ2n) is 6.36. The Bertz CT molecular complexity index is 590. The van der Waals surface area contributed by atoms with E-state index in [-0.39, 0.29) is 30.2 Å². The van der Waals surface area contributed by atoms with Crippen LogP contribution in [-0.4, -0.2) is 59.7 Å². The molecular weight excluding hydrogens is 326 g/mol. The van der Waals surface area contributed by atoms with Gasteiger partial charge in [0.15, 0.2) is 0 Å². The monoisotopic (exact) mass is 351 g/mol. The molecule has 138 valence electrons. The van der Waals surface area contributed by atoms with Gasteiger partial charge in [-0.15, -0.1) is 0 Å². The Morgan fingerprint density at radius 1 is 1.28 bits per heavy atom. The number of hydrogen-bond acceptors (Lipinski definition) is 5. The van der Waals surface area contributed by atoms with Gasteiger partial charge in [0.25, 0.3) is 0 Å². The van der Waals surface area contributed by atoms with Gasteiger partial charge in [0, 0.05) is 19.1 Å². The van der Waals surface area contributed by atoms with Crippen molar-refractivity contribution in [1.82, 2.24) is 16.0 Å². The highest BCUT2D eigenvalue weighted by Crippen LogP contribution is 2.15. The molecule has 1 saturated heterocycles. The molecule has 8 heteroatoms. The summed E-state index contributed by atoms with van der Waals surface area (Å²) in [6.45, 7) is 4.78. The Morgan fingerprint density at radius 2 is 1.96 bits per heavy atom. The molecule has 0 radical (unpaired) electrons. The van der Waals surface area contributed by atoms with Crippen molar-refractivity contribution in [3.63, 3.8) is 0 Å². The van der Waals surface area contributed by atoms with E-state index < -0.39 is 18.2 Å². The summed E-state index contributed by atoms with van der Waals surface area (Å²) in [5.41, 5.74) is 1.15. The highest BCUT2D eigenvalue weighted by Gasteiger charge is 2.35. The number of aliphatic hydroxyl groups excluding tert-OH is 1. The topological polar surface area (TPSA) is 120 Å². The maximum atomic E-state index is 11.6. The summed E-state index contributed by atoms with van der Waals surface area (Å²) in [5, 5.41) is 27.8. The number of carboxylic acids is 1. The van der Waals surface area contributed by atoms with Crippen molar-refractivity contribution < 1.29 is 24.5 Å². The van der Waals surface area contributed by atoms with E-state index in [0.717, 1.165) is 5.56 Å². The molecule has 1 aliphatic heterocycles. The fraction of sp³-hybridized carbons (Fsp3) is 0.529. The van der Waals surface area contributed by atoms with Crippen LogP contribution < -0.4 is 16.0 Å². The molecule has 0 aliphatic carbocycles. The Labute approximate surface area is 146 Å². The highest BCUT2D eigenvalue weighted by molar-refractivity contribution is 5.87. The predicted molar refractivity (Wildman–Crippen MR) is 91.4 cm³/mol. The van der Waals surface area contributed by atoms with Crippen LogP contribution in [0.1, 0.15) is 29.8 Å². The first kappa shape index (κ1) is 19.2. The van der Waals surface area contributed by atoms with Crippen LogP contribution in [0.2, 0.25) is 0 Å². The number of carboxylic acid groups (broad SMARTS) is 1. The molecule has 0 spiro atoms. The smallest absolute Gasteiger partial charge is 0.335 e.